The van der Waals surface area contributed by atoms with Crippen LogP contribution in [-0.4, -0.2) is 54.8 Å². The van der Waals surface area contributed by atoms with Gasteiger partial charge in [0.2, 0.25) is 0 Å². The van der Waals surface area contributed by atoms with Gasteiger partial charge >= 0.3 is 29.8 Å². The number of esters is 4. The molecule has 1 N–H and O–H groups in total. The number of hydrogen-bond acceptors (Lipinski definition) is 9. The third-order valence-electron chi connectivity index (χ3n) is 5.95. The van der Waals surface area contributed by atoms with E-state index in [1.807, 2.05) is 0 Å². The van der Waals surface area contributed by atoms with Crippen molar-refractivity contribution in [2.45, 2.75) is 57.8 Å². The molecule has 0 radical (unpaired) electrons. The van der Waals surface area contributed by atoms with E-state index in [0.29, 0.717) is 50.7 Å². The minimum Gasteiger partial charge on any atom is -0.481 e. The summed E-state index contributed by atoms with van der Waals surface area (Å²) in [5.74, 6) is -2.94. The molecule has 1 aliphatic rings. The van der Waals surface area contributed by atoms with Gasteiger partial charge in [0, 0.05) is 12.5 Å². The van der Waals surface area contributed by atoms with Gasteiger partial charge in [-0.1, -0.05) is 18.7 Å². The molecule has 0 spiro atoms. The van der Waals surface area contributed by atoms with Gasteiger partial charge < -0.3 is 24.1 Å². The zero-order valence-corrected chi connectivity index (χ0v) is 20.9. The highest BCUT2D eigenvalue weighted by atomic mass is 16.5. The van der Waals surface area contributed by atoms with E-state index in [1.165, 1.54) is 0 Å². The Morgan fingerprint density at radius 2 is 1.35 bits per heavy atom. The third kappa shape index (κ3) is 11.7. The Bertz CT molecular complexity index is 929. The number of rotatable bonds is 15. The monoisotopic (exact) mass is 518 g/mol. The molecule has 2 rings (SSSR count). The number of benzene rings is 1. The first kappa shape index (κ1) is 29.5. The van der Waals surface area contributed by atoms with Crippen molar-refractivity contribution < 1.29 is 48.0 Å². The van der Waals surface area contributed by atoms with Crippen LogP contribution in [0.15, 0.2) is 36.9 Å². The molecule has 0 bridgehead atoms. The zero-order valence-electron chi connectivity index (χ0n) is 20.9. The highest BCUT2D eigenvalue weighted by molar-refractivity contribution is 5.81. The van der Waals surface area contributed by atoms with Gasteiger partial charge in [0.1, 0.15) is 5.75 Å². The smallest absolute Gasteiger partial charge is 0.330 e. The molecule has 0 heterocycles. The Morgan fingerprint density at radius 3 is 1.92 bits per heavy atom. The van der Waals surface area contributed by atoms with E-state index in [9.17, 15) is 24.0 Å². The molecular weight excluding hydrogens is 484 g/mol. The molecule has 0 unspecified atom stereocenters. The lowest BCUT2D eigenvalue weighted by atomic mass is 9.82. The highest BCUT2D eigenvalue weighted by Gasteiger charge is 2.30. The molecule has 1 aromatic rings. The van der Waals surface area contributed by atoms with Crippen LogP contribution in [-0.2, 0) is 44.6 Å². The average molecular weight is 519 g/mol. The maximum Gasteiger partial charge on any atom is 0.330 e. The fourth-order valence-corrected chi connectivity index (χ4v) is 3.75. The molecule has 1 fully saturated rings. The van der Waals surface area contributed by atoms with Gasteiger partial charge in [-0.25, -0.2) is 4.79 Å². The molecule has 1 aliphatic carbocycles. The van der Waals surface area contributed by atoms with Crippen LogP contribution < -0.4 is 4.74 Å². The molecule has 0 aliphatic heterocycles. The molecule has 10 nitrogen and oxygen atoms in total. The molecule has 202 valence electrons. The summed E-state index contributed by atoms with van der Waals surface area (Å²) in [5.41, 5.74) is 0.882. The Labute approximate surface area is 215 Å². The first-order chi connectivity index (χ1) is 17.8. The fourth-order valence-electron chi connectivity index (χ4n) is 3.75. The summed E-state index contributed by atoms with van der Waals surface area (Å²) in [6, 6.07) is 6.87. The van der Waals surface area contributed by atoms with Gasteiger partial charge in [-0.05, 0) is 56.2 Å². The van der Waals surface area contributed by atoms with E-state index in [4.69, 9.17) is 24.1 Å². The second kappa shape index (κ2) is 16.1. The van der Waals surface area contributed by atoms with Crippen LogP contribution in [0.25, 0.3) is 0 Å². The minimum atomic E-state index is -0.815. The van der Waals surface area contributed by atoms with E-state index >= 15 is 0 Å². The Hall–Kier alpha value is -3.69. The van der Waals surface area contributed by atoms with Crippen LogP contribution in [0.1, 0.15) is 56.9 Å². The lowest BCUT2D eigenvalue weighted by Gasteiger charge is -2.24. The van der Waals surface area contributed by atoms with Crippen LogP contribution >= 0.6 is 0 Å². The first-order valence-electron chi connectivity index (χ1n) is 12.4. The van der Waals surface area contributed by atoms with E-state index in [1.54, 1.807) is 24.3 Å². The van der Waals surface area contributed by atoms with Gasteiger partial charge in [-0.3, -0.25) is 19.2 Å². The number of ether oxygens (including phenoxy) is 4. The van der Waals surface area contributed by atoms with Crippen LogP contribution in [0.3, 0.4) is 0 Å². The average Bonchev–Trinajstić information content (AvgIpc) is 2.90. The standard InChI is InChI=1S/C27H34O10/c1-2-23(28)34-16-3-4-17-35-24(29)13-14-25(30)36-18-15-19-5-11-22(12-6-19)37-27(33)21-9-7-20(8-10-21)26(31)32/h2,5-6,11-12,20-21H,1,3-4,7-10,13-18H2,(H,31,32). The third-order valence-corrected chi connectivity index (χ3v) is 5.95. The first-order valence-corrected chi connectivity index (χ1v) is 12.4. The summed E-state index contributed by atoms with van der Waals surface area (Å²) >= 11 is 0. The summed E-state index contributed by atoms with van der Waals surface area (Å²) in [4.78, 5) is 57.8. The van der Waals surface area contributed by atoms with Crippen molar-refractivity contribution in [1.29, 1.82) is 0 Å². The summed E-state index contributed by atoms with van der Waals surface area (Å²) in [6.45, 7) is 3.83. The zero-order chi connectivity index (χ0) is 27.0. The minimum absolute atomic E-state index is 0.0810. The topological polar surface area (TPSA) is 142 Å². The quantitative estimate of drug-likeness (QED) is 0.121. The highest BCUT2D eigenvalue weighted by Crippen LogP contribution is 2.30. The van der Waals surface area contributed by atoms with E-state index in [-0.39, 0.29) is 50.5 Å². The molecule has 10 heteroatoms. The van der Waals surface area contributed by atoms with Crippen molar-refractivity contribution in [2.75, 3.05) is 19.8 Å². The lowest BCUT2D eigenvalue weighted by molar-refractivity contribution is -0.150. The summed E-state index contributed by atoms with van der Waals surface area (Å²) in [5, 5.41) is 9.06. The second-order valence-electron chi connectivity index (χ2n) is 8.72. The summed E-state index contributed by atoms with van der Waals surface area (Å²) < 4.78 is 20.4. The van der Waals surface area contributed by atoms with Gasteiger partial charge in [-0.2, -0.15) is 0 Å². The lowest BCUT2D eigenvalue weighted by Crippen LogP contribution is -2.28. The molecule has 0 aromatic heterocycles. The maximum atomic E-state index is 12.3. The van der Waals surface area contributed by atoms with E-state index in [0.717, 1.165) is 11.6 Å². The SMILES string of the molecule is C=CC(=O)OCCCCOC(=O)CCC(=O)OCCc1ccc(OC(=O)C2CCC(C(=O)O)CC2)cc1. The molecule has 1 saturated carbocycles. The van der Waals surface area contributed by atoms with Crippen LogP contribution in [0.2, 0.25) is 0 Å². The largest absolute Gasteiger partial charge is 0.481 e. The number of carboxylic acid groups (broad SMARTS) is 1. The van der Waals surface area contributed by atoms with Crippen LogP contribution in [0, 0.1) is 11.8 Å². The molecule has 0 saturated heterocycles. The maximum absolute atomic E-state index is 12.3. The predicted octanol–water partition coefficient (Wildman–Crippen LogP) is 3.40. The van der Waals surface area contributed by atoms with Crippen LogP contribution in [0.4, 0.5) is 0 Å². The number of hydrogen-bond donors (Lipinski definition) is 1. The Morgan fingerprint density at radius 1 is 0.811 bits per heavy atom. The van der Waals surface area contributed by atoms with Crippen molar-refractivity contribution in [3.05, 3.63) is 42.5 Å². The normalized spacial score (nSPS) is 16.8. The number of aliphatic carboxylic acids is 1. The van der Waals surface area contributed by atoms with Gasteiger partial charge in [-0.15, -0.1) is 0 Å². The second-order valence-corrected chi connectivity index (χ2v) is 8.72. The number of unbranched alkanes of at least 4 members (excludes halogenated alkanes) is 1. The summed E-state index contributed by atoms with van der Waals surface area (Å²) in [7, 11) is 0. The van der Waals surface area contributed by atoms with Crippen molar-refractivity contribution >= 4 is 29.8 Å². The fraction of sp³-hybridized carbons (Fsp3) is 0.519. The van der Waals surface area contributed by atoms with Crippen molar-refractivity contribution in [3.8, 4) is 5.75 Å². The molecular formula is C27H34O10. The van der Waals surface area contributed by atoms with Crippen molar-refractivity contribution in [3.63, 3.8) is 0 Å². The molecule has 0 atom stereocenters. The molecule has 0 amide bonds. The van der Waals surface area contributed by atoms with Crippen molar-refractivity contribution in [2.24, 2.45) is 11.8 Å². The van der Waals surface area contributed by atoms with Crippen LogP contribution in [0.5, 0.6) is 5.75 Å². The van der Waals surface area contributed by atoms with E-state index < -0.39 is 23.9 Å². The van der Waals surface area contributed by atoms with Gasteiger partial charge in [0.15, 0.2) is 0 Å². The molecule has 37 heavy (non-hydrogen) atoms. The van der Waals surface area contributed by atoms with E-state index in [2.05, 4.69) is 6.58 Å². The van der Waals surface area contributed by atoms with Crippen molar-refractivity contribution in [1.82, 2.24) is 0 Å². The van der Waals surface area contributed by atoms with Gasteiger partial charge in [0.05, 0.1) is 44.5 Å². The number of carbonyl (C=O) groups is 5. The Kier molecular flexibility index (Phi) is 12.9. The Balaban J connectivity index is 1.56. The van der Waals surface area contributed by atoms with Gasteiger partial charge in [0.25, 0.3) is 0 Å². The predicted molar refractivity (Wildman–Crippen MR) is 130 cm³/mol. The molecule has 1 aromatic carbocycles. The summed E-state index contributed by atoms with van der Waals surface area (Å²) in [6.07, 6.45) is 4.42. The number of carboxylic acids is 1. The number of carbonyl (C=O) groups excluding carboxylic acids is 4.